The molecule has 2 heteroatoms. The summed E-state index contributed by atoms with van der Waals surface area (Å²) in [5, 5.41) is 6.98. The molecule has 0 aromatic carbocycles. The Morgan fingerprint density at radius 2 is 1.90 bits per heavy atom. The van der Waals surface area contributed by atoms with Crippen LogP contribution in [0.3, 0.4) is 0 Å². The third-order valence-electron chi connectivity index (χ3n) is 1.37. The van der Waals surface area contributed by atoms with Gasteiger partial charge in [-0.3, -0.25) is 4.99 Å². The zero-order valence-electron chi connectivity index (χ0n) is 7.18. The lowest BCUT2D eigenvalue weighted by Crippen LogP contribution is -2.10. The molecule has 1 unspecified atom stereocenters. The normalized spacial score (nSPS) is 15.5. The first-order valence-corrected chi connectivity index (χ1v) is 3.62. The number of nitrogens with zero attached hydrogens (tertiary/aromatic N) is 1. The smallest absolute Gasteiger partial charge is 0.0442 e. The van der Waals surface area contributed by atoms with Crippen LogP contribution in [0.2, 0.25) is 0 Å². The van der Waals surface area contributed by atoms with Gasteiger partial charge in [-0.1, -0.05) is 6.92 Å². The van der Waals surface area contributed by atoms with Crippen molar-refractivity contribution in [1.82, 2.24) is 0 Å². The van der Waals surface area contributed by atoms with Gasteiger partial charge in [-0.15, -0.1) is 0 Å². The molecular formula is C8H16N2. The summed E-state index contributed by atoms with van der Waals surface area (Å²) in [6.45, 7) is 8.03. The fraction of sp³-hybridized carbons (Fsp3) is 0.750. The van der Waals surface area contributed by atoms with Crippen molar-refractivity contribution in [2.75, 3.05) is 0 Å². The molecule has 0 radical (unpaired) electrons. The van der Waals surface area contributed by atoms with Crippen LogP contribution in [0.4, 0.5) is 0 Å². The molecule has 58 valence electrons. The van der Waals surface area contributed by atoms with Gasteiger partial charge in [-0.05, 0) is 20.8 Å². The lowest BCUT2D eigenvalue weighted by atomic mass is 10.1. The highest BCUT2D eigenvalue weighted by Gasteiger charge is 2.00. The van der Waals surface area contributed by atoms with E-state index in [9.17, 15) is 0 Å². The van der Waals surface area contributed by atoms with Gasteiger partial charge in [-0.2, -0.15) is 0 Å². The maximum absolute atomic E-state index is 6.98. The minimum atomic E-state index is 0.197. The van der Waals surface area contributed by atoms with Crippen molar-refractivity contribution in [2.24, 2.45) is 10.9 Å². The van der Waals surface area contributed by atoms with Gasteiger partial charge in [0.1, 0.15) is 0 Å². The summed E-state index contributed by atoms with van der Waals surface area (Å²) in [6, 6.07) is 0.349. The third-order valence-corrected chi connectivity index (χ3v) is 1.37. The maximum atomic E-state index is 6.98. The van der Waals surface area contributed by atoms with Crippen molar-refractivity contribution in [3.8, 4) is 0 Å². The van der Waals surface area contributed by atoms with Crippen molar-refractivity contribution >= 4 is 11.9 Å². The van der Waals surface area contributed by atoms with Crippen LogP contribution in [0.25, 0.3) is 0 Å². The lowest BCUT2D eigenvalue weighted by molar-refractivity contribution is 0.822. The number of rotatable bonds is 3. The van der Waals surface area contributed by atoms with Crippen LogP contribution in [0.1, 0.15) is 27.7 Å². The first-order valence-electron chi connectivity index (χ1n) is 3.62. The summed E-state index contributed by atoms with van der Waals surface area (Å²) in [4.78, 5) is 4.31. The Morgan fingerprint density at radius 3 is 2.20 bits per heavy atom. The lowest BCUT2D eigenvalue weighted by Gasteiger charge is -2.05. The molecule has 0 heterocycles. The molecular weight excluding hydrogens is 124 g/mol. The topological polar surface area (TPSA) is 36.2 Å². The standard InChI is InChI=1S/C8H16N2/c1-6(2)10-8(4)7(3)5-9/h5-7,9H,1-4H3. The van der Waals surface area contributed by atoms with Crippen LogP contribution in [0, 0.1) is 11.3 Å². The summed E-state index contributed by atoms with van der Waals surface area (Å²) >= 11 is 0. The fourth-order valence-corrected chi connectivity index (χ4v) is 0.645. The van der Waals surface area contributed by atoms with Gasteiger partial charge in [0, 0.05) is 23.9 Å². The molecule has 0 saturated carbocycles. The maximum Gasteiger partial charge on any atom is 0.0442 e. The van der Waals surface area contributed by atoms with Crippen LogP contribution < -0.4 is 0 Å². The second-order valence-electron chi connectivity index (χ2n) is 2.82. The van der Waals surface area contributed by atoms with E-state index in [1.165, 1.54) is 6.21 Å². The highest BCUT2D eigenvalue weighted by molar-refractivity contribution is 5.95. The minimum absolute atomic E-state index is 0.197. The third kappa shape index (κ3) is 3.38. The van der Waals surface area contributed by atoms with Crippen molar-refractivity contribution in [2.45, 2.75) is 33.7 Å². The second kappa shape index (κ2) is 4.20. The van der Waals surface area contributed by atoms with Gasteiger partial charge >= 0.3 is 0 Å². The average molecular weight is 140 g/mol. The summed E-state index contributed by atoms with van der Waals surface area (Å²) < 4.78 is 0. The zero-order valence-corrected chi connectivity index (χ0v) is 7.18. The van der Waals surface area contributed by atoms with Crippen molar-refractivity contribution < 1.29 is 0 Å². The molecule has 2 nitrogen and oxygen atoms in total. The number of hydrogen-bond acceptors (Lipinski definition) is 2. The van der Waals surface area contributed by atoms with Crippen LogP contribution in [-0.2, 0) is 0 Å². The van der Waals surface area contributed by atoms with Gasteiger partial charge in [-0.25, -0.2) is 0 Å². The molecule has 0 aliphatic heterocycles. The second-order valence-corrected chi connectivity index (χ2v) is 2.82. The Bertz CT molecular complexity index is 136. The van der Waals surface area contributed by atoms with Gasteiger partial charge in [0.25, 0.3) is 0 Å². The first-order chi connectivity index (χ1) is 4.57. The van der Waals surface area contributed by atoms with Gasteiger partial charge < -0.3 is 5.41 Å². The average Bonchev–Trinajstić information content (AvgIpc) is 1.85. The molecule has 0 aromatic rings. The minimum Gasteiger partial charge on any atom is -0.312 e. The van der Waals surface area contributed by atoms with Crippen LogP contribution in [0.15, 0.2) is 4.99 Å². The molecule has 0 aliphatic carbocycles. The Labute approximate surface area is 62.9 Å². The molecule has 0 fully saturated rings. The van der Waals surface area contributed by atoms with E-state index in [1.54, 1.807) is 0 Å². The number of aliphatic imine (C=N–C) groups is 1. The molecule has 0 bridgehead atoms. The van der Waals surface area contributed by atoms with E-state index in [2.05, 4.69) is 4.99 Å². The van der Waals surface area contributed by atoms with E-state index < -0.39 is 0 Å². The van der Waals surface area contributed by atoms with Gasteiger partial charge in [0.05, 0.1) is 0 Å². The summed E-state index contributed by atoms with van der Waals surface area (Å²) in [7, 11) is 0. The molecule has 0 rings (SSSR count). The largest absolute Gasteiger partial charge is 0.312 e. The molecule has 0 aromatic heterocycles. The zero-order chi connectivity index (χ0) is 8.15. The quantitative estimate of drug-likeness (QED) is 0.583. The Morgan fingerprint density at radius 1 is 1.40 bits per heavy atom. The van der Waals surface area contributed by atoms with E-state index in [0.717, 1.165) is 5.71 Å². The molecule has 1 atom stereocenters. The van der Waals surface area contributed by atoms with Crippen molar-refractivity contribution in [3.63, 3.8) is 0 Å². The first kappa shape index (κ1) is 9.34. The summed E-state index contributed by atoms with van der Waals surface area (Å²) in [5.41, 5.74) is 1.05. The van der Waals surface area contributed by atoms with Crippen molar-refractivity contribution in [1.29, 1.82) is 5.41 Å². The van der Waals surface area contributed by atoms with Crippen LogP contribution in [-0.4, -0.2) is 18.0 Å². The van der Waals surface area contributed by atoms with Crippen LogP contribution in [0.5, 0.6) is 0 Å². The van der Waals surface area contributed by atoms with E-state index in [4.69, 9.17) is 5.41 Å². The molecule has 0 spiro atoms. The van der Waals surface area contributed by atoms with Gasteiger partial charge in [0.2, 0.25) is 0 Å². The highest BCUT2D eigenvalue weighted by atomic mass is 14.8. The van der Waals surface area contributed by atoms with E-state index >= 15 is 0 Å². The summed E-state index contributed by atoms with van der Waals surface area (Å²) in [6.07, 6.45) is 1.42. The predicted molar refractivity (Wildman–Crippen MR) is 46.2 cm³/mol. The fourth-order valence-electron chi connectivity index (χ4n) is 0.645. The van der Waals surface area contributed by atoms with Crippen molar-refractivity contribution in [3.05, 3.63) is 0 Å². The van der Waals surface area contributed by atoms with Gasteiger partial charge in [0.15, 0.2) is 0 Å². The Hall–Kier alpha value is -0.660. The number of nitrogens with one attached hydrogen (secondary N) is 1. The van der Waals surface area contributed by atoms with E-state index in [1.807, 2.05) is 27.7 Å². The van der Waals surface area contributed by atoms with Crippen LogP contribution >= 0.6 is 0 Å². The highest BCUT2D eigenvalue weighted by Crippen LogP contribution is 1.97. The number of hydrogen-bond donors (Lipinski definition) is 1. The summed E-state index contributed by atoms with van der Waals surface area (Å²) in [5.74, 6) is 0.197. The Kier molecular flexibility index (Phi) is 3.93. The SMILES string of the molecule is CC(=NC(C)C)C(C)C=N. The Balaban J connectivity index is 4.04. The predicted octanol–water partition coefficient (Wildman–Crippen LogP) is 2.14. The molecule has 1 N–H and O–H groups in total. The molecule has 0 saturated heterocycles. The van der Waals surface area contributed by atoms with E-state index in [0.29, 0.717) is 6.04 Å². The molecule has 0 amide bonds. The van der Waals surface area contributed by atoms with E-state index in [-0.39, 0.29) is 5.92 Å². The molecule has 0 aliphatic rings. The monoisotopic (exact) mass is 140 g/mol. The molecule has 10 heavy (non-hydrogen) atoms.